The van der Waals surface area contributed by atoms with Crippen molar-refractivity contribution in [2.75, 3.05) is 5.73 Å². The van der Waals surface area contributed by atoms with E-state index in [1.165, 1.54) is 11.5 Å². The van der Waals surface area contributed by atoms with Crippen LogP contribution in [0.15, 0.2) is 18.2 Å². The number of rotatable bonds is 2. The lowest BCUT2D eigenvalue weighted by molar-refractivity contribution is -0.141. The normalized spacial score (nSPS) is 14.1. The second-order valence-electron chi connectivity index (χ2n) is 4.45. The van der Waals surface area contributed by atoms with Gasteiger partial charge in [0.1, 0.15) is 0 Å². The standard InChI is InChI=1S/C12H14F3N3/c1-7-4-3-5-9-10(7)18(11(16)17-9)8(2)6-12(13,14)15/h3-5,8H,6H2,1-2H3,(H2,16,17). The van der Waals surface area contributed by atoms with Crippen molar-refractivity contribution < 1.29 is 13.2 Å². The average Bonchev–Trinajstić information content (AvgIpc) is 2.53. The summed E-state index contributed by atoms with van der Waals surface area (Å²) in [5, 5.41) is 0. The van der Waals surface area contributed by atoms with Crippen molar-refractivity contribution in [1.29, 1.82) is 0 Å². The van der Waals surface area contributed by atoms with Gasteiger partial charge in [-0.3, -0.25) is 0 Å². The maximum absolute atomic E-state index is 12.5. The van der Waals surface area contributed by atoms with Crippen LogP contribution in [0.25, 0.3) is 11.0 Å². The van der Waals surface area contributed by atoms with Crippen molar-refractivity contribution in [3.8, 4) is 0 Å². The molecule has 0 saturated heterocycles. The molecule has 0 amide bonds. The number of hydrogen-bond acceptors (Lipinski definition) is 2. The molecule has 0 aliphatic rings. The maximum atomic E-state index is 12.5. The summed E-state index contributed by atoms with van der Waals surface area (Å²) in [6.07, 6.45) is -5.14. The van der Waals surface area contributed by atoms with Gasteiger partial charge >= 0.3 is 6.18 Å². The Morgan fingerprint density at radius 3 is 2.67 bits per heavy atom. The zero-order chi connectivity index (χ0) is 13.5. The Morgan fingerprint density at radius 1 is 1.39 bits per heavy atom. The molecule has 0 fully saturated rings. The van der Waals surface area contributed by atoms with Crippen LogP contribution in [0.5, 0.6) is 0 Å². The Kier molecular flexibility index (Phi) is 2.96. The molecule has 1 unspecified atom stereocenters. The number of hydrogen-bond donors (Lipinski definition) is 1. The fourth-order valence-corrected chi connectivity index (χ4v) is 2.21. The number of aromatic nitrogens is 2. The molecular weight excluding hydrogens is 243 g/mol. The number of nitrogen functional groups attached to an aromatic ring is 1. The van der Waals surface area contributed by atoms with Crippen LogP contribution in [0.2, 0.25) is 0 Å². The van der Waals surface area contributed by atoms with Crippen LogP contribution in [0.4, 0.5) is 19.1 Å². The molecule has 0 aliphatic carbocycles. The number of imidazole rings is 1. The van der Waals surface area contributed by atoms with Gasteiger partial charge in [-0.15, -0.1) is 0 Å². The lowest BCUT2D eigenvalue weighted by atomic mass is 10.1. The zero-order valence-corrected chi connectivity index (χ0v) is 10.1. The third-order valence-corrected chi connectivity index (χ3v) is 2.91. The minimum atomic E-state index is -4.22. The SMILES string of the molecule is Cc1cccc2nc(N)n(C(C)CC(F)(F)F)c12. The van der Waals surface area contributed by atoms with Gasteiger partial charge < -0.3 is 10.3 Å². The summed E-state index contributed by atoms with van der Waals surface area (Å²) in [6, 6.07) is 4.62. The van der Waals surface area contributed by atoms with Crippen LogP contribution in [0.3, 0.4) is 0 Å². The second kappa shape index (κ2) is 4.19. The Morgan fingerprint density at radius 2 is 2.06 bits per heavy atom. The number of nitrogens with two attached hydrogens (primary N) is 1. The van der Waals surface area contributed by atoms with Crippen LogP contribution in [0.1, 0.15) is 24.9 Å². The van der Waals surface area contributed by atoms with E-state index in [1.807, 2.05) is 19.1 Å². The maximum Gasteiger partial charge on any atom is 0.391 e. The van der Waals surface area contributed by atoms with Crippen LogP contribution >= 0.6 is 0 Å². The number of benzene rings is 1. The molecule has 3 nitrogen and oxygen atoms in total. The van der Waals surface area contributed by atoms with Crippen LogP contribution in [-0.4, -0.2) is 15.7 Å². The fourth-order valence-electron chi connectivity index (χ4n) is 2.21. The predicted molar refractivity (Wildman–Crippen MR) is 64.3 cm³/mol. The molecule has 2 rings (SSSR count). The van der Waals surface area contributed by atoms with Crippen molar-refractivity contribution in [2.45, 2.75) is 32.5 Å². The highest BCUT2D eigenvalue weighted by Gasteiger charge is 2.32. The van der Waals surface area contributed by atoms with E-state index in [9.17, 15) is 13.2 Å². The van der Waals surface area contributed by atoms with Crippen molar-refractivity contribution in [3.05, 3.63) is 23.8 Å². The first-order valence-electron chi connectivity index (χ1n) is 5.59. The summed E-state index contributed by atoms with van der Waals surface area (Å²) < 4.78 is 38.8. The number of fused-ring (bicyclic) bond motifs is 1. The lowest BCUT2D eigenvalue weighted by Gasteiger charge is -2.18. The van der Waals surface area contributed by atoms with Gasteiger partial charge in [-0.25, -0.2) is 4.98 Å². The minimum Gasteiger partial charge on any atom is -0.369 e. The molecular formula is C12H14F3N3. The van der Waals surface area contributed by atoms with Crippen molar-refractivity contribution in [3.63, 3.8) is 0 Å². The second-order valence-corrected chi connectivity index (χ2v) is 4.45. The molecule has 98 valence electrons. The molecule has 0 saturated carbocycles. The van der Waals surface area contributed by atoms with Crippen molar-refractivity contribution >= 4 is 17.0 Å². The molecule has 1 aromatic carbocycles. The van der Waals surface area contributed by atoms with Gasteiger partial charge in [0.15, 0.2) is 0 Å². The smallest absolute Gasteiger partial charge is 0.369 e. The van der Waals surface area contributed by atoms with Gasteiger partial charge in [-0.1, -0.05) is 12.1 Å². The molecule has 1 aromatic heterocycles. The predicted octanol–water partition coefficient (Wildman–Crippen LogP) is 3.44. The van der Waals surface area contributed by atoms with Gasteiger partial charge in [0, 0.05) is 6.04 Å². The van der Waals surface area contributed by atoms with E-state index in [-0.39, 0.29) is 5.95 Å². The molecule has 1 heterocycles. The quantitative estimate of drug-likeness (QED) is 0.895. The number of halogens is 3. The topological polar surface area (TPSA) is 43.8 Å². The Labute approximate surface area is 102 Å². The highest BCUT2D eigenvalue weighted by molar-refractivity contribution is 5.81. The summed E-state index contributed by atoms with van der Waals surface area (Å²) >= 11 is 0. The largest absolute Gasteiger partial charge is 0.391 e. The zero-order valence-electron chi connectivity index (χ0n) is 10.1. The van der Waals surface area contributed by atoms with Gasteiger partial charge in [-0.05, 0) is 25.5 Å². The van der Waals surface area contributed by atoms with Gasteiger partial charge in [0.05, 0.1) is 17.5 Å². The van der Waals surface area contributed by atoms with E-state index >= 15 is 0 Å². The first-order chi connectivity index (χ1) is 8.29. The number of aryl methyl sites for hydroxylation is 1. The van der Waals surface area contributed by atoms with Crippen molar-refractivity contribution in [2.24, 2.45) is 0 Å². The van der Waals surface area contributed by atoms with E-state index in [2.05, 4.69) is 4.98 Å². The van der Waals surface area contributed by atoms with E-state index < -0.39 is 18.6 Å². The first-order valence-corrected chi connectivity index (χ1v) is 5.59. The lowest BCUT2D eigenvalue weighted by Crippen LogP contribution is -2.18. The number of para-hydroxylation sites is 1. The van der Waals surface area contributed by atoms with E-state index in [0.29, 0.717) is 11.0 Å². The molecule has 0 spiro atoms. The molecule has 1 atom stereocenters. The number of anilines is 1. The van der Waals surface area contributed by atoms with Crippen LogP contribution in [0, 0.1) is 6.92 Å². The van der Waals surface area contributed by atoms with Gasteiger partial charge in [0.25, 0.3) is 0 Å². The summed E-state index contributed by atoms with van der Waals surface area (Å²) in [7, 11) is 0. The Hall–Kier alpha value is -1.72. The summed E-state index contributed by atoms with van der Waals surface area (Å²) in [5.41, 5.74) is 7.89. The molecule has 2 aromatic rings. The molecule has 2 N–H and O–H groups in total. The Balaban J connectivity index is 2.53. The van der Waals surface area contributed by atoms with Crippen LogP contribution in [-0.2, 0) is 0 Å². The first kappa shape index (κ1) is 12.7. The van der Waals surface area contributed by atoms with Crippen molar-refractivity contribution in [1.82, 2.24) is 9.55 Å². The third-order valence-electron chi connectivity index (χ3n) is 2.91. The average molecular weight is 257 g/mol. The molecule has 0 bridgehead atoms. The summed E-state index contributed by atoms with van der Waals surface area (Å²) in [5.74, 6) is 0.121. The molecule has 0 aliphatic heterocycles. The monoisotopic (exact) mass is 257 g/mol. The molecule has 18 heavy (non-hydrogen) atoms. The number of alkyl halides is 3. The highest BCUT2D eigenvalue weighted by Crippen LogP contribution is 2.32. The third kappa shape index (κ3) is 2.27. The molecule has 6 heteroatoms. The van der Waals surface area contributed by atoms with E-state index in [0.717, 1.165) is 5.56 Å². The van der Waals surface area contributed by atoms with Gasteiger partial charge in [-0.2, -0.15) is 13.2 Å². The van der Waals surface area contributed by atoms with Gasteiger partial charge in [0.2, 0.25) is 5.95 Å². The fraction of sp³-hybridized carbons (Fsp3) is 0.417. The van der Waals surface area contributed by atoms with E-state index in [1.54, 1.807) is 6.07 Å². The molecule has 0 radical (unpaired) electrons. The van der Waals surface area contributed by atoms with Crippen LogP contribution < -0.4 is 5.73 Å². The summed E-state index contributed by atoms with van der Waals surface area (Å²) in [6.45, 7) is 3.33. The van der Waals surface area contributed by atoms with E-state index in [4.69, 9.17) is 5.73 Å². The highest BCUT2D eigenvalue weighted by atomic mass is 19.4. The minimum absolute atomic E-state index is 0.121. The summed E-state index contributed by atoms with van der Waals surface area (Å²) in [4.78, 5) is 4.10. The Bertz CT molecular complexity index is 572. The number of nitrogens with zero attached hydrogens (tertiary/aromatic N) is 2.